The van der Waals surface area contributed by atoms with Gasteiger partial charge in [0.05, 0.1) is 0 Å². The maximum Gasteiger partial charge on any atom is 0.244 e. The molecule has 2 heteroatoms. The molecule has 0 heterocycles. The first-order chi connectivity index (χ1) is 7.24. The summed E-state index contributed by atoms with van der Waals surface area (Å²) >= 11 is 0. The number of rotatable bonds is 4. The van der Waals surface area contributed by atoms with Gasteiger partial charge in [0.15, 0.2) is 0 Å². The van der Waals surface area contributed by atoms with Crippen molar-refractivity contribution in [3.8, 4) is 0 Å². The van der Waals surface area contributed by atoms with Crippen molar-refractivity contribution in [2.75, 3.05) is 6.54 Å². The van der Waals surface area contributed by atoms with Crippen molar-refractivity contribution in [1.82, 2.24) is 5.32 Å². The van der Waals surface area contributed by atoms with Crippen molar-refractivity contribution in [2.45, 2.75) is 6.92 Å². The molecule has 1 rings (SSSR count). The van der Waals surface area contributed by atoms with Gasteiger partial charge in [0.25, 0.3) is 0 Å². The molecule has 78 valence electrons. The number of hydrogen-bond acceptors (Lipinski definition) is 1. The van der Waals surface area contributed by atoms with E-state index < -0.39 is 0 Å². The van der Waals surface area contributed by atoms with E-state index >= 15 is 0 Å². The van der Waals surface area contributed by atoms with Crippen molar-refractivity contribution in [3.05, 3.63) is 54.6 Å². The van der Waals surface area contributed by atoms with Crippen LogP contribution in [0, 0.1) is 0 Å². The van der Waals surface area contributed by atoms with E-state index in [0.29, 0.717) is 6.54 Å². The van der Waals surface area contributed by atoms with Crippen molar-refractivity contribution >= 4 is 11.5 Å². The first-order valence-corrected chi connectivity index (χ1v) is 4.86. The summed E-state index contributed by atoms with van der Waals surface area (Å²) in [6.45, 7) is 5.95. The molecule has 0 saturated heterocycles. The van der Waals surface area contributed by atoms with Crippen LogP contribution in [0.3, 0.4) is 0 Å². The van der Waals surface area contributed by atoms with E-state index in [1.807, 2.05) is 37.3 Å². The minimum absolute atomic E-state index is 0.0868. The quantitative estimate of drug-likeness (QED) is 0.588. The monoisotopic (exact) mass is 201 g/mol. The van der Waals surface area contributed by atoms with Crippen LogP contribution in [0.1, 0.15) is 12.5 Å². The summed E-state index contributed by atoms with van der Waals surface area (Å²) in [5.41, 5.74) is 2.02. The Kier molecular flexibility index (Phi) is 4.35. The molecule has 0 bridgehead atoms. The van der Waals surface area contributed by atoms with Gasteiger partial charge < -0.3 is 5.32 Å². The highest BCUT2D eigenvalue weighted by Gasteiger charge is 1.98. The van der Waals surface area contributed by atoms with Crippen LogP contribution in [0.25, 0.3) is 5.57 Å². The normalized spacial score (nSPS) is 10.9. The second kappa shape index (κ2) is 5.81. The fraction of sp³-hybridized carbons (Fsp3) is 0.154. The zero-order valence-electron chi connectivity index (χ0n) is 8.86. The lowest BCUT2D eigenvalue weighted by Gasteiger charge is -2.01. The molecule has 1 aromatic carbocycles. The van der Waals surface area contributed by atoms with E-state index in [1.165, 1.54) is 0 Å². The van der Waals surface area contributed by atoms with Crippen LogP contribution in [0.15, 0.2) is 49.1 Å². The Morgan fingerprint density at radius 1 is 1.40 bits per heavy atom. The van der Waals surface area contributed by atoms with Gasteiger partial charge in [-0.1, -0.05) is 36.4 Å². The molecule has 1 amide bonds. The van der Waals surface area contributed by atoms with Gasteiger partial charge in [0.1, 0.15) is 0 Å². The highest BCUT2D eigenvalue weighted by Crippen LogP contribution is 2.11. The Morgan fingerprint density at radius 2 is 2.07 bits per heavy atom. The summed E-state index contributed by atoms with van der Waals surface area (Å²) in [5, 5.41) is 2.70. The van der Waals surface area contributed by atoms with Gasteiger partial charge in [0, 0.05) is 12.6 Å². The summed E-state index contributed by atoms with van der Waals surface area (Å²) in [6, 6.07) is 9.82. The number of carbonyl (C=O) groups excluding carboxylic acids is 1. The molecule has 1 N–H and O–H groups in total. The van der Waals surface area contributed by atoms with Crippen LogP contribution in [0.4, 0.5) is 0 Å². The molecule has 0 unspecified atom stereocenters. The van der Waals surface area contributed by atoms with Crippen molar-refractivity contribution in [1.29, 1.82) is 0 Å². The van der Waals surface area contributed by atoms with Gasteiger partial charge in [-0.05, 0) is 18.1 Å². The first kappa shape index (κ1) is 11.2. The van der Waals surface area contributed by atoms with Gasteiger partial charge in [-0.25, -0.2) is 0 Å². The van der Waals surface area contributed by atoms with Gasteiger partial charge in [-0.2, -0.15) is 0 Å². The second-order valence-electron chi connectivity index (χ2n) is 3.23. The Labute approximate surface area is 90.3 Å². The lowest BCUT2D eigenvalue weighted by molar-refractivity contribution is -0.116. The Bertz CT molecular complexity index is 365. The molecular formula is C13H15NO. The zero-order chi connectivity index (χ0) is 11.1. The van der Waals surface area contributed by atoms with Crippen LogP contribution in [-0.4, -0.2) is 12.5 Å². The third-order valence-corrected chi connectivity index (χ3v) is 2.00. The van der Waals surface area contributed by atoms with Crippen molar-refractivity contribution in [3.63, 3.8) is 0 Å². The Balaban J connectivity index is 2.67. The molecule has 15 heavy (non-hydrogen) atoms. The standard InChI is InChI=1S/C13H15NO/c1-3-9-14-13(15)10-11(2)12-7-5-4-6-8-12/h3-8,10H,1,9H2,2H3,(H,14,15)/b11-10+. The molecule has 2 nitrogen and oxygen atoms in total. The van der Waals surface area contributed by atoms with E-state index in [1.54, 1.807) is 12.2 Å². The zero-order valence-corrected chi connectivity index (χ0v) is 8.86. The number of hydrogen-bond donors (Lipinski definition) is 1. The van der Waals surface area contributed by atoms with Crippen LogP contribution in [0.5, 0.6) is 0 Å². The van der Waals surface area contributed by atoms with Crippen LogP contribution in [0.2, 0.25) is 0 Å². The maximum atomic E-state index is 11.4. The third kappa shape index (κ3) is 3.81. The molecule has 0 radical (unpaired) electrons. The minimum atomic E-state index is -0.0868. The van der Waals surface area contributed by atoms with E-state index in [9.17, 15) is 4.79 Å². The minimum Gasteiger partial charge on any atom is -0.349 e. The van der Waals surface area contributed by atoms with E-state index in [2.05, 4.69) is 11.9 Å². The topological polar surface area (TPSA) is 29.1 Å². The van der Waals surface area contributed by atoms with Gasteiger partial charge >= 0.3 is 0 Å². The highest BCUT2D eigenvalue weighted by molar-refractivity contribution is 5.94. The van der Waals surface area contributed by atoms with E-state index in [4.69, 9.17) is 0 Å². The second-order valence-corrected chi connectivity index (χ2v) is 3.23. The smallest absolute Gasteiger partial charge is 0.244 e. The van der Waals surface area contributed by atoms with Crippen LogP contribution < -0.4 is 5.32 Å². The average Bonchev–Trinajstić information content (AvgIpc) is 2.27. The van der Waals surface area contributed by atoms with Crippen molar-refractivity contribution in [2.24, 2.45) is 0 Å². The number of nitrogens with one attached hydrogen (secondary N) is 1. The molecule has 0 fully saturated rings. The summed E-state index contributed by atoms with van der Waals surface area (Å²) in [4.78, 5) is 11.4. The van der Waals surface area contributed by atoms with Crippen LogP contribution in [-0.2, 0) is 4.79 Å². The number of allylic oxidation sites excluding steroid dienone is 1. The molecule has 0 aliphatic carbocycles. The summed E-state index contributed by atoms with van der Waals surface area (Å²) < 4.78 is 0. The molecule has 1 aromatic rings. The SMILES string of the molecule is C=CCNC(=O)/C=C(\C)c1ccccc1. The number of benzene rings is 1. The molecule has 0 aromatic heterocycles. The molecular weight excluding hydrogens is 186 g/mol. The van der Waals surface area contributed by atoms with Gasteiger partial charge in [-0.3, -0.25) is 4.79 Å². The number of amides is 1. The largest absolute Gasteiger partial charge is 0.349 e. The lowest BCUT2D eigenvalue weighted by atomic mass is 10.1. The van der Waals surface area contributed by atoms with E-state index in [0.717, 1.165) is 11.1 Å². The Hall–Kier alpha value is -1.83. The van der Waals surface area contributed by atoms with Crippen LogP contribution >= 0.6 is 0 Å². The lowest BCUT2D eigenvalue weighted by Crippen LogP contribution is -2.20. The molecule has 0 aliphatic heterocycles. The maximum absolute atomic E-state index is 11.4. The van der Waals surface area contributed by atoms with Crippen molar-refractivity contribution < 1.29 is 4.79 Å². The fourth-order valence-corrected chi connectivity index (χ4v) is 1.20. The van der Waals surface area contributed by atoms with Gasteiger partial charge in [0.2, 0.25) is 5.91 Å². The molecule has 0 aliphatic rings. The summed E-state index contributed by atoms with van der Waals surface area (Å²) in [6.07, 6.45) is 3.25. The average molecular weight is 201 g/mol. The summed E-state index contributed by atoms with van der Waals surface area (Å²) in [7, 11) is 0. The van der Waals surface area contributed by atoms with E-state index in [-0.39, 0.29) is 5.91 Å². The highest BCUT2D eigenvalue weighted by atomic mass is 16.1. The Morgan fingerprint density at radius 3 is 2.67 bits per heavy atom. The first-order valence-electron chi connectivity index (χ1n) is 4.86. The predicted octanol–water partition coefficient (Wildman–Crippen LogP) is 2.39. The fourth-order valence-electron chi connectivity index (χ4n) is 1.20. The summed E-state index contributed by atoms with van der Waals surface area (Å²) in [5.74, 6) is -0.0868. The third-order valence-electron chi connectivity index (χ3n) is 2.00. The number of carbonyl (C=O) groups is 1. The van der Waals surface area contributed by atoms with Gasteiger partial charge in [-0.15, -0.1) is 6.58 Å². The molecule has 0 saturated carbocycles. The molecule has 0 atom stereocenters. The predicted molar refractivity (Wildman–Crippen MR) is 63.3 cm³/mol. The molecule has 0 spiro atoms.